The quantitative estimate of drug-likeness (QED) is 0.860. The highest BCUT2D eigenvalue weighted by Gasteiger charge is 2.52. The van der Waals surface area contributed by atoms with Gasteiger partial charge in [-0.3, -0.25) is 0 Å². The van der Waals surface area contributed by atoms with Gasteiger partial charge in [-0.15, -0.1) is 0 Å². The highest BCUT2D eigenvalue weighted by Crippen LogP contribution is 2.36. The molecular formula is C15H21BO4. The second-order valence-corrected chi connectivity index (χ2v) is 6.16. The van der Waals surface area contributed by atoms with Gasteiger partial charge in [0, 0.05) is 0 Å². The Bertz CT molecular complexity index is 521. The summed E-state index contributed by atoms with van der Waals surface area (Å²) in [4.78, 5) is 11.0. The van der Waals surface area contributed by atoms with E-state index in [4.69, 9.17) is 14.4 Å². The van der Waals surface area contributed by atoms with Crippen molar-refractivity contribution in [3.8, 4) is 0 Å². The van der Waals surface area contributed by atoms with E-state index in [0.717, 1.165) is 17.4 Å². The van der Waals surface area contributed by atoms with E-state index in [-0.39, 0.29) is 0 Å². The van der Waals surface area contributed by atoms with E-state index in [1.165, 1.54) is 0 Å². The van der Waals surface area contributed by atoms with Crippen molar-refractivity contribution in [1.82, 2.24) is 0 Å². The first-order valence-electron chi connectivity index (χ1n) is 6.89. The van der Waals surface area contributed by atoms with Gasteiger partial charge in [-0.1, -0.05) is 13.0 Å². The maximum absolute atomic E-state index is 11.0. The van der Waals surface area contributed by atoms with E-state index in [9.17, 15) is 4.79 Å². The number of aromatic carboxylic acids is 1. The summed E-state index contributed by atoms with van der Waals surface area (Å²) in [5, 5.41) is 9.06. The number of carboxylic acid groups (broad SMARTS) is 1. The first kappa shape index (κ1) is 15.1. The first-order valence-corrected chi connectivity index (χ1v) is 6.89. The van der Waals surface area contributed by atoms with Crippen LogP contribution in [0, 0.1) is 0 Å². The Morgan fingerprint density at radius 3 is 2.20 bits per heavy atom. The molecule has 1 aliphatic heterocycles. The standard InChI is InChI=1S/C15H21BO4/c1-6-10-9-11(13(17)18)7-8-12(10)16-19-14(2,3)15(4,5)20-16/h7-9H,6H2,1-5H3,(H,17,18). The molecule has 1 fully saturated rings. The number of aryl methyl sites for hydroxylation is 1. The molecular weight excluding hydrogens is 255 g/mol. The Labute approximate surface area is 120 Å². The largest absolute Gasteiger partial charge is 0.495 e. The van der Waals surface area contributed by atoms with Crippen molar-refractivity contribution >= 4 is 18.6 Å². The van der Waals surface area contributed by atoms with Crippen LogP contribution in [0.2, 0.25) is 0 Å². The average molecular weight is 276 g/mol. The van der Waals surface area contributed by atoms with E-state index in [2.05, 4.69) is 0 Å². The molecule has 1 aromatic rings. The van der Waals surface area contributed by atoms with Gasteiger partial charge < -0.3 is 14.4 Å². The zero-order valence-electron chi connectivity index (χ0n) is 12.7. The minimum atomic E-state index is -0.917. The third-order valence-electron chi connectivity index (χ3n) is 4.28. The Hall–Kier alpha value is -1.33. The van der Waals surface area contributed by atoms with Crippen LogP contribution < -0.4 is 5.46 Å². The molecule has 1 N–H and O–H groups in total. The summed E-state index contributed by atoms with van der Waals surface area (Å²) in [6.07, 6.45) is 0.737. The molecule has 4 nitrogen and oxygen atoms in total. The maximum atomic E-state index is 11.0. The zero-order valence-corrected chi connectivity index (χ0v) is 12.7. The molecule has 1 aromatic carbocycles. The lowest BCUT2D eigenvalue weighted by atomic mass is 9.75. The predicted molar refractivity (Wildman–Crippen MR) is 78.5 cm³/mol. The summed E-state index contributed by atoms with van der Waals surface area (Å²) < 4.78 is 12.0. The molecule has 20 heavy (non-hydrogen) atoms. The predicted octanol–water partition coefficient (Wildman–Crippen LogP) is 2.25. The Kier molecular flexibility index (Phi) is 3.69. The summed E-state index contributed by atoms with van der Waals surface area (Å²) in [7, 11) is -0.446. The second-order valence-electron chi connectivity index (χ2n) is 6.16. The first-order chi connectivity index (χ1) is 9.18. The zero-order chi connectivity index (χ0) is 15.1. The van der Waals surface area contributed by atoms with Crippen molar-refractivity contribution in [2.24, 2.45) is 0 Å². The molecule has 2 rings (SSSR count). The van der Waals surface area contributed by atoms with Gasteiger partial charge in [0.05, 0.1) is 16.8 Å². The highest BCUT2D eigenvalue weighted by atomic mass is 16.7. The van der Waals surface area contributed by atoms with E-state index < -0.39 is 24.3 Å². The minimum absolute atomic E-state index is 0.294. The molecule has 5 heteroatoms. The molecule has 1 saturated heterocycles. The van der Waals surface area contributed by atoms with Crippen LogP contribution in [-0.4, -0.2) is 29.4 Å². The fourth-order valence-electron chi connectivity index (χ4n) is 2.24. The molecule has 0 unspecified atom stereocenters. The second kappa shape index (κ2) is 4.90. The number of carbonyl (C=O) groups is 1. The lowest BCUT2D eigenvalue weighted by Crippen LogP contribution is -2.41. The lowest BCUT2D eigenvalue weighted by Gasteiger charge is -2.32. The van der Waals surface area contributed by atoms with E-state index in [1.807, 2.05) is 34.6 Å². The molecule has 0 atom stereocenters. The van der Waals surface area contributed by atoms with Gasteiger partial charge in [-0.25, -0.2) is 4.79 Å². The van der Waals surface area contributed by atoms with Crippen LogP contribution >= 0.6 is 0 Å². The number of benzene rings is 1. The fourth-order valence-corrected chi connectivity index (χ4v) is 2.24. The summed E-state index contributed by atoms with van der Waals surface area (Å²) in [6, 6.07) is 5.09. The Morgan fingerprint density at radius 2 is 1.75 bits per heavy atom. The molecule has 108 valence electrons. The van der Waals surface area contributed by atoms with E-state index >= 15 is 0 Å². The topological polar surface area (TPSA) is 55.8 Å². The molecule has 0 radical (unpaired) electrons. The Morgan fingerprint density at radius 1 is 1.20 bits per heavy atom. The number of hydrogen-bond acceptors (Lipinski definition) is 3. The van der Waals surface area contributed by atoms with Crippen LogP contribution in [0.4, 0.5) is 0 Å². The third-order valence-corrected chi connectivity index (χ3v) is 4.28. The lowest BCUT2D eigenvalue weighted by molar-refractivity contribution is 0.00578. The summed E-state index contributed by atoms with van der Waals surface area (Å²) in [5.74, 6) is -0.917. The van der Waals surface area contributed by atoms with Crippen LogP contribution in [0.25, 0.3) is 0 Å². The highest BCUT2D eigenvalue weighted by molar-refractivity contribution is 6.62. The van der Waals surface area contributed by atoms with Crippen LogP contribution in [-0.2, 0) is 15.7 Å². The molecule has 1 aliphatic rings. The van der Waals surface area contributed by atoms with Crippen LogP contribution in [0.5, 0.6) is 0 Å². The molecule has 0 bridgehead atoms. The fraction of sp³-hybridized carbons (Fsp3) is 0.533. The minimum Gasteiger partial charge on any atom is -0.478 e. The van der Waals surface area contributed by atoms with Gasteiger partial charge in [-0.2, -0.15) is 0 Å². The SMILES string of the molecule is CCc1cc(C(=O)O)ccc1B1OC(C)(C)C(C)(C)O1. The van der Waals surface area contributed by atoms with Crippen molar-refractivity contribution in [3.05, 3.63) is 29.3 Å². The summed E-state index contributed by atoms with van der Waals surface area (Å²) in [6.45, 7) is 10.0. The number of rotatable bonds is 3. The van der Waals surface area contributed by atoms with Gasteiger partial charge >= 0.3 is 13.1 Å². The maximum Gasteiger partial charge on any atom is 0.495 e. The third kappa shape index (κ3) is 2.48. The molecule has 0 saturated carbocycles. The monoisotopic (exact) mass is 276 g/mol. The van der Waals surface area contributed by atoms with Gasteiger partial charge in [0.15, 0.2) is 0 Å². The van der Waals surface area contributed by atoms with Crippen LogP contribution in [0.3, 0.4) is 0 Å². The van der Waals surface area contributed by atoms with Crippen molar-refractivity contribution in [1.29, 1.82) is 0 Å². The molecule has 0 aliphatic carbocycles. The van der Waals surface area contributed by atoms with Gasteiger partial charge in [0.1, 0.15) is 0 Å². The van der Waals surface area contributed by atoms with Crippen LogP contribution in [0.1, 0.15) is 50.5 Å². The number of carboxylic acids is 1. The summed E-state index contributed by atoms with van der Waals surface area (Å²) in [5.41, 5.74) is 1.36. The van der Waals surface area contributed by atoms with Gasteiger partial charge in [0.2, 0.25) is 0 Å². The molecule has 0 amide bonds. The smallest absolute Gasteiger partial charge is 0.478 e. The summed E-state index contributed by atoms with van der Waals surface area (Å²) >= 11 is 0. The van der Waals surface area contributed by atoms with Crippen LogP contribution in [0.15, 0.2) is 18.2 Å². The van der Waals surface area contributed by atoms with Crippen molar-refractivity contribution < 1.29 is 19.2 Å². The van der Waals surface area contributed by atoms with Gasteiger partial charge in [0.25, 0.3) is 0 Å². The van der Waals surface area contributed by atoms with E-state index in [0.29, 0.717) is 5.56 Å². The van der Waals surface area contributed by atoms with Gasteiger partial charge in [-0.05, 0) is 57.3 Å². The van der Waals surface area contributed by atoms with Crippen molar-refractivity contribution in [2.45, 2.75) is 52.2 Å². The number of hydrogen-bond donors (Lipinski definition) is 1. The average Bonchev–Trinajstić information content (AvgIpc) is 2.57. The molecule has 0 aromatic heterocycles. The van der Waals surface area contributed by atoms with E-state index in [1.54, 1.807) is 18.2 Å². The molecule has 0 spiro atoms. The van der Waals surface area contributed by atoms with Crippen molar-refractivity contribution in [3.63, 3.8) is 0 Å². The Balaban J connectivity index is 2.37. The molecule has 1 heterocycles. The normalized spacial score (nSPS) is 20.1. The van der Waals surface area contributed by atoms with Crippen molar-refractivity contribution in [2.75, 3.05) is 0 Å².